The molecule has 6 aromatic rings. The van der Waals surface area contributed by atoms with Crippen molar-refractivity contribution in [2.24, 2.45) is 4.99 Å². The molecule has 5 heterocycles. The number of pyridine rings is 2. The van der Waals surface area contributed by atoms with Crippen molar-refractivity contribution < 1.29 is 28.5 Å². The van der Waals surface area contributed by atoms with Gasteiger partial charge in [-0.25, -0.2) is 19.8 Å². The standard InChI is InChI=1S/C47H48N6O6S/c1-47(2,3)59-46(55)52-18-16-30(17-19-52)44-51-40-21-33(11-15-42(40)60-44)53(45(54)32-10-14-38(48-24-32)29-7-8-29)25-28-6-13-35-36-26-58-27-37(36)43(50-39(35)20-28)49-23-31-9-12-34(56-4)22-41(31)57-5/h6,9-15,20-24,29-30H,7-8,16-19,25-27H2,1-5H3. The molecule has 2 amide bonds. The number of hydrogen-bond acceptors (Lipinski definition) is 11. The van der Waals surface area contributed by atoms with E-state index in [1.54, 1.807) is 47.8 Å². The van der Waals surface area contributed by atoms with Crippen molar-refractivity contribution in [3.05, 3.63) is 111 Å². The lowest BCUT2D eigenvalue weighted by atomic mass is 9.98. The molecule has 1 aliphatic carbocycles. The van der Waals surface area contributed by atoms with Crippen LogP contribution in [0.15, 0.2) is 77.9 Å². The summed E-state index contributed by atoms with van der Waals surface area (Å²) in [7, 11) is 3.24. The van der Waals surface area contributed by atoms with E-state index in [1.807, 2.05) is 69.3 Å². The molecule has 13 heteroatoms. The summed E-state index contributed by atoms with van der Waals surface area (Å²) >= 11 is 1.68. The van der Waals surface area contributed by atoms with Crippen molar-refractivity contribution in [1.82, 2.24) is 19.9 Å². The molecule has 0 atom stereocenters. The Morgan fingerprint density at radius 1 is 0.900 bits per heavy atom. The number of anilines is 1. The van der Waals surface area contributed by atoms with Crippen LogP contribution in [0.25, 0.3) is 21.1 Å². The number of likely N-dealkylation sites (tertiary alicyclic amines) is 1. The van der Waals surface area contributed by atoms with Gasteiger partial charge in [0.05, 0.1) is 60.3 Å². The molecule has 3 aromatic heterocycles. The van der Waals surface area contributed by atoms with Gasteiger partial charge in [-0.1, -0.05) is 12.1 Å². The number of fused-ring (bicyclic) bond motifs is 4. The van der Waals surface area contributed by atoms with Gasteiger partial charge >= 0.3 is 6.09 Å². The number of carbonyl (C=O) groups excluding carboxylic acids is 2. The van der Waals surface area contributed by atoms with E-state index < -0.39 is 5.60 Å². The maximum Gasteiger partial charge on any atom is 0.410 e. The SMILES string of the molecule is COc1ccc(C=Nc2nc3cc(CN(C(=O)c4ccc(C5CC5)nc4)c4ccc5sc(C6CCN(C(=O)OC(C)(C)C)CC6)nc5c4)ccc3c3c2COC3)c(OC)c1. The fraction of sp³-hybridized carbons (Fsp3) is 0.362. The number of benzene rings is 3. The van der Waals surface area contributed by atoms with E-state index in [2.05, 4.69) is 23.2 Å². The van der Waals surface area contributed by atoms with Gasteiger partial charge in [0.1, 0.15) is 17.1 Å². The third-order valence-corrected chi connectivity index (χ3v) is 12.5. The van der Waals surface area contributed by atoms with Crippen LogP contribution in [0.3, 0.4) is 0 Å². The highest BCUT2D eigenvalue weighted by molar-refractivity contribution is 7.18. The molecule has 12 nitrogen and oxygen atoms in total. The fourth-order valence-electron chi connectivity index (χ4n) is 7.92. The van der Waals surface area contributed by atoms with Gasteiger partial charge < -0.3 is 28.7 Å². The Kier molecular flexibility index (Phi) is 10.7. The highest BCUT2D eigenvalue weighted by atomic mass is 32.1. The fourth-order valence-corrected chi connectivity index (χ4v) is 9.04. The van der Waals surface area contributed by atoms with E-state index in [1.165, 1.54) is 0 Å². The molecular formula is C47H48N6O6S. The lowest BCUT2D eigenvalue weighted by Gasteiger charge is -2.32. The van der Waals surface area contributed by atoms with Crippen LogP contribution in [0.4, 0.5) is 16.3 Å². The zero-order chi connectivity index (χ0) is 41.5. The molecule has 3 aliphatic rings. The first kappa shape index (κ1) is 39.5. The van der Waals surface area contributed by atoms with E-state index in [9.17, 15) is 9.59 Å². The highest BCUT2D eigenvalue weighted by Gasteiger charge is 2.30. The smallest absolute Gasteiger partial charge is 0.410 e. The van der Waals surface area contributed by atoms with Crippen molar-refractivity contribution in [3.8, 4) is 11.5 Å². The molecule has 0 spiro atoms. The summed E-state index contributed by atoms with van der Waals surface area (Å²) < 4.78 is 23.6. The Balaban J connectivity index is 1.02. The van der Waals surface area contributed by atoms with Crippen LogP contribution in [0, 0.1) is 0 Å². The summed E-state index contributed by atoms with van der Waals surface area (Å²) in [5.41, 5.74) is 7.11. The van der Waals surface area contributed by atoms with Gasteiger partial charge in [0.25, 0.3) is 5.91 Å². The monoisotopic (exact) mass is 824 g/mol. The van der Waals surface area contributed by atoms with E-state index in [4.69, 9.17) is 33.9 Å². The van der Waals surface area contributed by atoms with Crippen molar-refractivity contribution >= 4 is 62.2 Å². The maximum atomic E-state index is 14.5. The molecule has 2 aliphatic heterocycles. The molecule has 60 heavy (non-hydrogen) atoms. The van der Waals surface area contributed by atoms with Crippen LogP contribution >= 0.6 is 11.3 Å². The second-order valence-corrected chi connectivity index (χ2v) is 17.7. The summed E-state index contributed by atoms with van der Waals surface area (Å²) in [6, 6.07) is 21.7. The minimum atomic E-state index is -0.530. The molecule has 3 aromatic carbocycles. The van der Waals surface area contributed by atoms with Crippen LogP contribution in [0.5, 0.6) is 11.5 Å². The molecule has 2 fully saturated rings. The zero-order valence-electron chi connectivity index (χ0n) is 34.6. The second kappa shape index (κ2) is 16.3. The Morgan fingerprint density at radius 3 is 2.45 bits per heavy atom. The van der Waals surface area contributed by atoms with Gasteiger partial charge in [-0.15, -0.1) is 11.3 Å². The molecule has 0 unspecified atom stereocenters. The molecule has 0 N–H and O–H groups in total. The number of carbonyl (C=O) groups is 2. The average molecular weight is 825 g/mol. The lowest BCUT2D eigenvalue weighted by Crippen LogP contribution is -2.41. The number of aromatic nitrogens is 3. The van der Waals surface area contributed by atoms with Crippen molar-refractivity contribution in [2.75, 3.05) is 32.2 Å². The van der Waals surface area contributed by atoms with E-state index in [0.29, 0.717) is 61.6 Å². The number of aliphatic imine (C=N–C) groups is 1. The Labute approximate surface area is 353 Å². The number of hydrogen-bond donors (Lipinski definition) is 0. The Bertz CT molecular complexity index is 2620. The van der Waals surface area contributed by atoms with Crippen LogP contribution in [0.2, 0.25) is 0 Å². The van der Waals surface area contributed by atoms with Gasteiger partial charge in [0.15, 0.2) is 5.82 Å². The number of thiazole rings is 1. The van der Waals surface area contributed by atoms with Crippen molar-refractivity contribution in [2.45, 2.75) is 83.6 Å². The van der Waals surface area contributed by atoms with Gasteiger partial charge in [-0.05, 0) is 106 Å². The van der Waals surface area contributed by atoms with Gasteiger partial charge in [0.2, 0.25) is 0 Å². The molecule has 308 valence electrons. The molecular weight excluding hydrogens is 777 g/mol. The first-order valence-corrected chi connectivity index (χ1v) is 21.3. The summed E-state index contributed by atoms with van der Waals surface area (Å²) in [5.74, 6) is 2.49. The molecule has 0 radical (unpaired) electrons. The summed E-state index contributed by atoms with van der Waals surface area (Å²) in [6.45, 7) is 8.10. The van der Waals surface area contributed by atoms with Crippen LogP contribution < -0.4 is 14.4 Å². The largest absolute Gasteiger partial charge is 0.497 e. The van der Waals surface area contributed by atoms with Crippen molar-refractivity contribution in [1.29, 1.82) is 0 Å². The highest BCUT2D eigenvalue weighted by Crippen LogP contribution is 2.40. The number of amides is 2. The molecule has 0 bridgehead atoms. The zero-order valence-corrected chi connectivity index (χ0v) is 35.4. The van der Waals surface area contributed by atoms with E-state index in [-0.39, 0.29) is 17.9 Å². The topological polar surface area (TPSA) is 129 Å². The lowest BCUT2D eigenvalue weighted by molar-refractivity contribution is 0.0204. The minimum absolute atomic E-state index is 0.150. The number of rotatable bonds is 10. The first-order chi connectivity index (χ1) is 29.0. The van der Waals surface area contributed by atoms with Crippen LogP contribution in [-0.4, -0.2) is 71.0 Å². The Morgan fingerprint density at radius 2 is 1.72 bits per heavy atom. The van der Waals surface area contributed by atoms with Gasteiger partial charge in [0, 0.05) is 71.3 Å². The van der Waals surface area contributed by atoms with Gasteiger partial charge in [-0.3, -0.25) is 9.78 Å². The van der Waals surface area contributed by atoms with E-state index in [0.717, 1.165) is 85.4 Å². The molecule has 9 rings (SSSR count). The summed E-state index contributed by atoms with van der Waals surface area (Å²) in [4.78, 5) is 50.5. The normalized spacial score (nSPS) is 15.8. The molecule has 1 saturated carbocycles. The quantitative estimate of drug-likeness (QED) is 0.124. The van der Waals surface area contributed by atoms with Gasteiger partial charge in [-0.2, -0.15) is 0 Å². The third kappa shape index (κ3) is 8.28. The second-order valence-electron chi connectivity index (χ2n) is 16.7. The number of piperidine rings is 1. The number of nitrogens with zero attached hydrogens (tertiary/aromatic N) is 6. The molecule has 1 saturated heterocycles. The minimum Gasteiger partial charge on any atom is -0.497 e. The maximum absolute atomic E-state index is 14.5. The summed E-state index contributed by atoms with van der Waals surface area (Å²) in [5, 5.41) is 2.04. The Hall–Kier alpha value is -5.92. The van der Waals surface area contributed by atoms with Crippen LogP contribution in [0.1, 0.15) is 102 Å². The first-order valence-electron chi connectivity index (χ1n) is 20.5. The summed E-state index contributed by atoms with van der Waals surface area (Å²) in [6.07, 6.45) is 7.10. The van der Waals surface area contributed by atoms with Crippen molar-refractivity contribution in [3.63, 3.8) is 0 Å². The predicted octanol–water partition coefficient (Wildman–Crippen LogP) is 9.88. The van der Waals surface area contributed by atoms with E-state index >= 15 is 0 Å². The van der Waals surface area contributed by atoms with Crippen LogP contribution in [-0.2, 0) is 29.2 Å². The average Bonchev–Trinajstić information content (AvgIpc) is 3.82. The predicted molar refractivity (Wildman–Crippen MR) is 233 cm³/mol. The number of ether oxygens (including phenoxy) is 4. The number of methoxy groups -OCH3 is 2. The third-order valence-electron chi connectivity index (χ3n) is 11.3.